The Hall–Kier alpha value is -1.96. The predicted octanol–water partition coefficient (Wildman–Crippen LogP) is 3.02. The molecule has 0 radical (unpaired) electrons. The van der Waals surface area contributed by atoms with E-state index < -0.39 is 0 Å². The monoisotopic (exact) mass is 222 g/mol. The molecule has 0 saturated carbocycles. The largest absolute Gasteiger partial charge is 0.364 e. The van der Waals surface area contributed by atoms with Crippen molar-refractivity contribution in [2.24, 2.45) is 0 Å². The van der Waals surface area contributed by atoms with Gasteiger partial charge in [-0.05, 0) is 23.3 Å². The van der Waals surface area contributed by atoms with Crippen molar-refractivity contribution in [2.75, 3.05) is 17.3 Å². The molecule has 17 heavy (non-hydrogen) atoms. The lowest BCUT2D eigenvalue weighted by molar-refractivity contribution is 0.705. The molecule has 84 valence electrons. The summed E-state index contributed by atoms with van der Waals surface area (Å²) in [6.45, 7) is 0. The quantitative estimate of drug-likeness (QED) is 0.737. The molecule has 0 amide bonds. The zero-order valence-electron chi connectivity index (χ0n) is 9.72. The molecule has 2 aliphatic heterocycles. The minimum absolute atomic E-state index is 0.379. The van der Waals surface area contributed by atoms with Crippen molar-refractivity contribution in [2.45, 2.75) is 12.1 Å². The Morgan fingerprint density at radius 1 is 0.941 bits per heavy atom. The number of rotatable bonds is 0. The second-order valence-electron chi connectivity index (χ2n) is 4.82. The number of hydrogen-bond donors (Lipinski definition) is 1. The maximum atomic E-state index is 3.62. The van der Waals surface area contributed by atoms with E-state index in [4.69, 9.17) is 0 Å². The van der Waals surface area contributed by atoms with Gasteiger partial charge in [-0.1, -0.05) is 36.4 Å². The van der Waals surface area contributed by atoms with Crippen LogP contribution in [-0.2, 0) is 0 Å². The highest BCUT2D eigenvalue weighted by molar-refractivity contribution is 5.73. The molecule has 1 N–H and O–H groups in total. The predicted molar refractivity (Wildman–Crippen MR) is 70.5 cm³/mol. The fourth-order valence-corrected chi connectivity index (χ4v) is 3.19. The lowest BCUT2D eigenvalue weighted by Crippen LogP contribution is -2.33. The van der Waals surface area contributed by atoms with Crippen LogP contribution in [0.25, 0.3) is 0 Å². The molecule has 2 unspecified atom stereocenters. The number of likely N-dealkylation sites (N-methyl/N-ethyl adjacent to an activating group) is 1. The highest BCUT2D eigenvalue weighted by Crippen LogP contribution is 2.49. The van der Waals surface area contributed by atoms with Crippen LogP contribution < -0.4 is 10.2 Å². The van der Waals surface area contributed by atoms with Crippen LogP contribution in [-0.4, -0.2) is 13.2 Å². The van der Waals surface area contributed by atoms with Gasteiger partial charge < -0.3 is 10.2 Å². The third kappa shape index (κ3) is 1.05. The Balaban J connectivity index is 1.95. The molecule has 0 spiro atoms. The van der Waals surface area contributed by atoms with E-state index in [0.717, 1.165) is 0 Å². The van der Waals surface area contributed by atoms with Crippen LogP contribution in [0.5, 0.6) is 0 Å². The topological polar surface area (TPSA) is 15.3 Å². The number of nitrogens with zero attached hydrogens (tertiary/aromatic N) is 1. The van der Waals surface area contributed by atoms with Gasteiger partial charge in [0.2, 0.25) is 0 Å². The lowest BCUT2D eigenvalue weighted by atomic mass is 9.93. The number of benzene rings is 2. The van der Waals surface area contributed by atoms with Crippen molar-refractivity contribution >= 4 is 11.4 Å². The average Bonchev–Trinajstić information content (AvgIpc) is 2.88. The number of fused-ring (bicyclic) bond motifs is 5. The van der Waals surface area contributed by atoms with Crippen molar-refractivity contribution < 1.29 is 0 Å². The maximum Gasteiger partial charge on any atom is 0.110 e. The van der Waals surface area contributed by atoms with Gasteiger partial charge in [0.15, 0.2) is 0 Å². The van der Waals surface area contributed by atoms with Gasteiger partial charge in [0.25, 0.3) is 0 Å². The summed E-state index contributed by atoms with van der Waals surface area (Å²) in [6, 6.07) is 17.3. The maximum absolute atomic E-state index is 3.62. The molecule has 0 saturated heterocycles. The molecular weight excluding hydrogens is 208 g/mol. The standard InChI is InChI=1S/C15H14N2/c1-17-13-9-5-3-7-11(13)14-10-6-2-4-8-12(10)16-15(14)17/h2-9,14-16H,1H3. The number of hydrogen-bond acceptors (Lipinski definition) is 2. The Bertz CT molecular complexity index is 591. The normalized spacial score (nSPS) is 23.9. The summed E-state index contributed by atoms with van der Waals surface area (Å²) < 4.78 is 0. The molecule has 2 atom stereocenters. The molecule has 4 rings (SSSR count). The van der Waals surface area contributed by atoms with Crippen molar-refractivity contribution in [1.82, 2.24) is 0 Å². The highest BCUT2D eigenvalue weighted by atomic mass is 15.3. The van der Waals surface area contributed by atoms with E-state index in [1.165, 1.54) is 22.5 Å². The van der Waals surface area contributed by atoms with Gasteiger partial charge in [0.05, 0.1) is 5.92 Å². The average molecular weight is 222 g/mol. The zero-order chi connectivity index (χ0) is 11.4. The summed E-state index contributed by atoms with van der Waals surface area (Å²) in [5, 5.41) is 3.62. The molecule has 0 fully saturated rings. The second kappa shape index (κ2) is 3.04. The SMILES string of the molecule is CN1c2ccccc2C2c3ccccc3NC21. The van der Waals surface area contributed by atoms with E-state index in [1.54, 1.807) is 0 Å². The molecule has 0 bridgehead atoms. The Kier molecular flexibility index (Phi) is 1.63. The van der Waals surface area contributed by atoms with Gasteiger partial charge in [-0.2, -0.15) is 0 Å². The van der Waals surface area contributed by atoms with E-state index in [0.29, 0.717) is 12.1 Å². The van der Waals surface area contributed by atoms with Crippen LogP contribution in [0.3, 0.4) is 0 Å². The van der Waals surface area contributed by atoms with Crippen LogP contribution in [0, 0.1) is 0 Å². The second-order valence-corrected chi connectivity index (χ2v) is 4.82. The summed E-state index contributed by atoms with van der Waals surface area (Å²) in [6.07, 6.45) is 0.379. The first-order chi connectivity index (χ1) is 8.36. The molecule has 0 aromatic heterocycles. The van der Waals surface area contributed by atoms with Gasteiger partial charge in [-0.15, -0.1) is 0 Å². The Morgan fingerprint density at radius 2 is 1.65 bits per heavy atom. The summed E-state index contributed by atoms with van der Waals surface area (Å²) in [5.41, 5.74) is 5.50. The first kappa shape index (κ1) is 9.11. The summed E-state index contributed by atoms with van der Waals surface area (Å²) in [5.74, 6) is 0.479. The smallest absolute Gasteiger partial charge is 0.110 e. The first-order valence-electron chi connectivity index (χ1n) is 6.03. The minimum atomic E-state index is 0.379. The number of nitrogens with one attached hydrogen (secondary N) is 1. The van der Waals surface area contributed by atoms with E-state index in [-0.39, 0.29) is 0 Å². The van der Waals surface area contributed by atoms with Crippen molar-refractivity contribution in [3.8, 4) is 0 Å². The van der Waals surface area contributed by atoms with Crippen LogP contribution >= 0.6 is 0 Å². The van der Waals surface area contributed by atoms with Crippen molar-refractivity contribution in [3.63, 3.8) is 0 Å². The van der Waals surface area contributed by atoms with Gasteiger partial charge in [0.1, 0.15) is 6.17 Å². The van der Waals surface area contributed by atoms with Crippen LogP contribution in [0.2, 0.25) is 0 Å². The molecule has 2 aromatic carbocycles. The van der Waals surface area contributed by atoms with Gasteiger partial charge in [0, 0.05) is 18.4 Å². The van der Waals surface area contributed by atoms with E-state index >= 15 is 0 Å². The lowest BCUT2D eigenvalue weighted by Gasteiger charge is -2.22. The molecule has 2 heteroatoms. The fourth-order valence-electron chi connectivity index (χ4n) is 3.19. The molecule has 2 aliphatic rings. The molecule has 2 nitrogen and oxygen atoms in total. The summed E-state index contributed by atoms with van der Waals surface area (Å²) in [4.78, 5) is 2.35. The first-order valence-corrected chi connectivity index (χ1v) is 6.03. The molecular formula is C15H14N2. The third-order valence-corrected chi connectivity index (χ3v) is 3.98. The van der Waals surface area contributed by atoms with Crippen LogP contribution in [0.4, 0.5) is 11.4 Å². The number of anilines is 2. The van der Waals surface area contributed by atoms with Gasteiger partial charge in [-0.25, -0.2) is 0 Å². The zero-order valence-corrected chi connectivity index (χ0v) is 9.72. The fraction of sp³-hybridized carbons (Fsp3) is 0.200. The van der Waals surface area contributed by atoms with Crippen LogP contribution in [0.15, 0.2) is 48.5 Å². The highest BCUT2D eigenvalue weighted by Gasteiger charge is 2.42. The van der Waals surface area contributed by atoms with Crippen molar-refractivity contribution in [3.05, 3.63) is 59.7 Å². The van der Waals surface area contributed by atoms with E-state index in [1.807, 2.05) is 0 Å². The van der Waals surface area contributed by atoms with E-state index in [9.17, 15) is 0 Å². The Morgan fingerprint density at radius 3 is 2.53 bits per heavy atom. The van der Waals surface area contributed by atoms with Crippen LogP contribution in [0.1, 0.15) is 17.0 Å². The summed E-state index contributed by atoms with van der Waals surface area (Å²) >= 11 is 0. The molecule has 2 heterocycles. The summed E-state index contributed by atoms with van der Waals surface area (Å²) in [7, 11) is 2.17. The minimum Gasteiger partial charge on any atom is -0.364 e. The molecule has 2 aromatic rings. The third-order valence-electron chi connectivity index (χ3n) is 3.98. The van der Waals surface area contributed by atoms with Gasteiger partial charge in [-0.3, -0.25) is 0 Å². The van der Waals surface area contributed by atoms with E-state index in [2.05, 4.69) is 65.8 Å². The van der Waals surface area contributed by atoms with Gasteiger partial charge >= 0.3 is 0 Å². The number of para-hydroxylation sites is 2. The van der Waals surface area contributed by atoms with Crippen molar-refractivity contribution in [1.29, 1.82) is 0 Å². The Labute approximate surface area is 101 Å². The molecule has 0 aliphatic carbocycles.